The Morgan fingerprint density at radius 2 is 2.07 bits per heavy atom. The minimum Gasteiger partial charge on any atom is -0.384 e. The van der Waals surface area contributed by atoms with E-state index in [1.165, 1.54) is 29.7 Å². The number of aromatic nitrogens is 1. The molecule has 0 aliphatic carbocycles. The summed E-state index contributed by atoms with van der Waals surface area (Å²) in [6.45, 7) is 0. The van der Waals surface area contributed by atoms with E-state index in [9.17, 15) is 8.42 Å². The van der Waals surface area contributed by atoms with Crippen molar-refractivity contribution in [2.45, 2.75) is 9.10 Å². The highest BCUT2D eigenvalue weighted by molar-refractivity contribution is 7.93. The Bertz CT molecular complexity index is 544. The molecule has 0 saturated heterocycles. The van der Waals surface area contributed by atoms with Crippen molar-refractivity contribution in [3.63, 3.8) is 0 Å². The van der Waals surface area contributed by atoms with Gasteiger partial charge in [-0.25, -0.2) is 13.4 Å². The molecular formula is C9H8N2O2S2. The van der Waals surface area contributed by atoms with E-state index < -0.39 is 9.84 Å². The Hall–Kier alpha value is -1.40. The number of nitrogens with zero attached hydrogens (tertiary/aromatic N) is 1. The molecule has 0 aromatic carbocycles. The fourth-order valence-electron chi connectivity index (χ4n) is 1.08. The Morgan fingerprint density at radius 3 is 2.60 bits per heavy atom. The first-order valence-electron chi connectivity index (χ1n) is 4.11. The predicted molar refractivity (Wildman–Crippen MR) is 58.4 cm³/mol. The zero-order chi connectivity index (χ0) is 10.9. The summed E-state index contributed by atoms with van der Waals surface area (Å²) < 4.78 is 24.2. The molecule has 2 rings (SSSR count). The van der Waals surface area contributed by atoms with Crippen LogP contribution in [0.3, 0.4) is 0 Å². The van der Waals surface area contributed by atoms with Crippen LogP contribution in [0.5, 0.6) is 0 Å². The standard InChI is InChI=1S/C9H8N2O2S2/c10-8-4-3-7(6-11-8)15(12,13)9-2-1-5-14-9/h1-6H,(H2,10,11). The number of nitrogen functional groups attached to an aromatic ring is 1. The summed E-state index contributed by atoms with van der Waals surface area (Å²) in [5, 5.41) is 1.72. The van der Waals surface area contributed by atoms with Gasteiger partial charge in [-0.2, -0.15) is 0 Å². The van der Waals surface area contributed by atoms with Gasteiger partial charge in [-0.1, -0.05) is 6.07 Å². The maximum atomic E-state index is 11.9. The second-order valence-corrected chi connectivity index (χ2v) is 5.98. The van der Waals surface area contributed by atoms with E-state index in [1.54, 1.807) is 17.5 Å². The van der Waals surface area contributed by atoms with Crippen molar-refractivity contribution in [2.75, 3.05) is 5.73 Å². The van der Waals surface area contributed by atoms with Crippen LogP contribution in [0.2, 0.25) is 0 Å². The zero-order valence-electron chi connectivity index (χ0n) is 7.62. The molecule has 0 amide bonds. The molecule has 0 bridgehead atoms. The van der Waals surface area contributed by atoms with Gasteiger partial charge >= 0.3 is 0 Å². The van der Waals surface area contributed by atoms with Crippen LogP contribution in [0.15, 0.2) is 44.9 Å². The summed E-state index contributed by atoms with van der Waals surface area (Å²) in [7, 11) is -3.41. The maximum Gasteiger partial charge on any atom is 0.217 e. The predicted octanol–water partition coefficient (Wildman–Crippen LogP) is 1.56. The second-order valence-electron chi connectivity index (χ2n) is 2.85. The lowest BCUT2D eigenvalue weighted by Crippen LogP contribution is -2.01. The van der Waals surface area contributed by atoms with Crippen LogP contribution in [-0.4, -0.2) is 13.4 Å². The number of hydrogen-bond acceptors (Lipinski definition) is 5. The molecule has 2 heterocycles. The first kappa shape index (κ1) is 10.1. The van der Waals surface area contributed by atoms with Gasteiger partial charge in [-0.3, -0.25) is 0 Å². The first-order valence-corrected chi connectivity index (χ1v) is 6.47. The van der Waals surface area contributed by atoms with Gasteiger partial charge in [-0.15, -0.1) is 11.3 Å². The molecule has 0 unspecified atom stereocenters. The maximum absolute atomic E-state index is 11.9. The monoisotopic (exact) mass is 240 g/mol. The molecule has 15 heavy (non-hydrogen) atoms. The quantitative estimate of drug-likeness (QED) is 0.864. The molecule has 0 spiro atoms. The van der Waals surface area contributed by atoms with E-state index >= 15 is 0 Å². The SMILES string of the molecule is Nc1ccc(S(=O)(=O)c2cccs2)cn1. The topological polar surface area (TPSA) is 73.1 Å². The number of nitrogens with two attached hydrogens (primary N) is 1. The average Bonchev–Trinajstić information content (AvgIpc) is 2.71. The number of sulfone groups is 1. The van der Waals surface area contributed by atoms with E-state index in [1.807, 2.05) is 0 Å². The highest BCUT2D eigenvalue weighted by atomic mass is 32.2. The molecule has 0 atom stereocenters. The van der Waals surface area contributed by atoms with Gasteiger partial charge in [-0.05, 0) is 23.6 Å². The van der Waals surface area contributed by atoms with Crippen molar-refractivity contribution in [3.05, 3.63) is 35.8 Å². The first-order chi connectivity index (χ1) is 7.10. The second kappa shape index (κ2) is 3.63. The summed E-state index contributed by atoms with van der Waals surface area (Å²) in [6, 6.07) is 6.19. The molecule has 0 aliphatic rings. The number of rotatable bonds is 2. The lowest BCUT2D eigenvalue weighted by Gasteiger charge is -2.00. The van der Waals surface area contributed by atoms with E-state index in [4.69, 9.17) is 5.73 Å². The van der Waals surface area contributed by atoms with Gasteiger partial charge in [0.1, 0.15) is 10.0 Å². The number of thiophene rings is 1. The number of anilines is 1. The van der Waals surface area contributed by atoms with Crippen LogP contribution >= 0.6 is 11.3 Å². The Kier molecular flexibility index (Phi) is 2.45. The minimum absolute atomic E-state index is 0.166. The van der Waals surface area contributed by atoms with Crippen molar-refractivity contribution < 1.29 is 8.42 Å². The van der Waals surface area contributed by atoms with Gasteiger partial charge < -0.3 is 5.73 Å². The van der Waals surface area contributed by atoms with Gasteiger partial charge in [0.25, 0.3) is 0 Å². The lowest BCUT2D eigenvalue weighted by molar-refractivity contribution is 0.597. The van der Waals surface area contributed by atoms with Crippen LogP contribution in [0, 0.1) is 0 Å². The molecule has 0 aliphatic heterocycles. The van der Waals surface area contributed by atoms with E-state index in [-0.39, 0.29) is 4.90 Å². The Morgan fingerprint density at radius 1 is 1.27 bits per heavy atom. The molecule has 2 N–H and O–H groups in total. The fourth-order valence-corrected chi connectivity index (χ4v) is 3.42. The van der Waals surface area contributed by atoms with Crippen molar-refractivity contribution >= 4 is 27.0 Å². The number of hydrogen-bond donors (Lipinski definition) is 1. The summed E-state index contributed by atoms with van der Waals surface area (Å²) >= 11 is 1.18. The van der Waals surface area contributed by atoms with Crippen molar-refractivity contribution in [1.29, 1.82) is 0 Å². The third kappa shape index (κ3) is 1.86. The molecule has 2 aromatic heterocycles. The third-order valence-electron chi connectivity index (χ3n) is 1.83. The summed E-state index contributed by atoms with van der Waals surface area (Å²) in [6.07, 6.45) is 1.27. The largest absolute Gasteiger partial charge is 0.384 e. The molecular weight excluding hydrogens is 232 g/mol. The van der Waals surface area contributed by atoms with Crippen molar-refractivity contribution in [2.24, 2.45) is 0 Å². The average molecular weight is 240 g/mol. The Labute approximate surface area is 91.3 Å². The van der Waals surface area contributed by atoms with E-state index in [2.05, 4.69) is 4.98 Å². The highest BCUT2D eigenvalue weighted by Crippen LogP contribution is 2.24. The van der Waals surface area contributed by atoms with Crippen molar-refractivity contribution in [1.82, 2.24) is 4.98 Å². The minimum atomic E-state index is -3.41. The Balaban J connectivity index is 2.52. The summed E-state index contributed by atoms with van der Waals surface area (Å²) in [5.41, 5.74) is 5.39. The lowest BCUT2D eigenvalue weighted by atomic mass is 10.5. The van der Waals surface area contributed by atoms with Crippen LogP contribution in [0.1, 0.15) is 0 Å². The van der Waals surface area contributed by atoms with Gasteiger partial charge in [0.15, 0.2) is 0 Å². The van der Waals surface area contributed by atoms with Crippen molar-refractivity contribution in [3.8, 4) is 0 Å². The third-order valence-corrected chi connectivity index (χ3v) is 4.97. The molecule has 0 radical (unpaired) electrons. The number of pyridine rings is 1. The zero-order valence-corrected chi connectivity index (χ0v) is 9.25. The van der Waals surface area contributed by atoms with Gasteiger partial charge in [0, 0.05) is 6.20 Å². The van der Waals surface area contributed by atoms with Crippen LogP contribution < -0.4 is 5.73 Å². The fraction of sp³-hybridized carbons (Fsp3) is 0. The van der Waals surface area contributed by atoms with Crippen LogP contribution in [-0.2, 0) is 9.84 Å². The molecule has 0 saturated carbocycles. The summed E-state index contributed by atoms with van der Waals surface area (Å²) in [4.78, 5) is 3.92. The smallest absolute Gasteiger partial charge is 0.217 e. The van der Waals surface area contributed by atoms with Gasteiger partial charge in [0.2, 0.25) is 9.84 Å². The highest BCUT2D eigenvalue weighted by Gasteiger charge is 2.18. The molecule has 0 fully saturated rings. The molecule has 78 valence electrons. The van der Waals surface area contributed by atoms with E-state index in [0.29, 0.717) is 10.0 Å². The summed E-state index contributed by atoms with van der Waals surface area (Å²) in [5.74, 6) is 0.306. The van der Waals surface area contributed by atoms with E-state index in [0.717, 1.165) is 0 Å². The molecule has 6 heteroatoms. The molecule has 2 aromatic rings. The van der Waals surface area contributed by atoms with Crippen LogP contribution in [0.25, 0.3) is 0 Å². The normalized spacial score (nSPS) is 11.5. The molecule has 4 nitrogen and oxygen atoms in total. The van der Waals surface area contributed by atoms with Crippen LogP contribution in [0.4, 0.5) is 5.82 Å². The van der Waals surface area contributed by atoms with Gasteiger partial charge in [0.05, 0.1) is 4.90 Å².